The van der Waals surface area contributed by atoms with E-state index in [4.69, 9.17) is 0 Å². The summed E-state index contributed by atoms with van der Waals surface area (Å²) in [7, 11) is 0. The number of nitrogens with zero attached hydrogens (tertiary/aromatic N) is 3. The van der Waals surface area contributed by atoms with Gasteiger partial charge in [0.15, 0.2) is 0 Å². The van der Waals surface area contributed by atoms with Crippen molar-refractivity contribution in [1.29, 1.82) is 0 Å². The van der Waals surface area contributed by atoms with Crippen molar-refractivity contribution >= 4 is 34.6 Å². The summed E-state index contributed by atoms with van der Waals surface area (Å²) in [6, 6.07) is 13.2. The maximum Gasteiger partial charge on any atom is 0.322 e. The largest absolute Gasteiger partial charge is 0.322 e. The van der Waals surface area contributed by atoms with Gasteiger partial charge in [0.05, 0.1) is 6.04 Å². The van der Waals surface area contributed by atoms with Gasteiger partial charge in [-0.15, -0.1) is 10.2 Å². The van der Waals surface area contributed by atoms with Gasteiger partial charge in [0.1, 0.15) is 5.01 Å². The number of carbonyl (C=O) groups excluding carboxylic acids is 2. The standard InChI is InChI=1S/C23H25N5O2S/c1-14-6-9-17(10-7-14)24-20(29)22-27-26-21(31-22)19-5-4-12-28(19)23(30)25-18-11-8-15(2)13-16(18)3/h6-11,13,19H,4-5,12H2,1-3H3,(H,24,29)(H,25,30)/t19-/m1/s1. The molecule has 2 heterocycles. The van der Waals surface area contributed by atoms with Crippen LogP contribution in [-0.4, -0.2) is 33.6 Å². The Morgan fingerprint density at radius 1 is 1.00 bits per heavy atom. The lowest BCUT2D eigenvalue weighted by atomic mass is 10.1. The van der Waals surface area contributed by atoms with Gasteiger partial charge >= 0.3 is 6.03 Å². The van der Waals surface area contributed by atoms with Crippen LogP contribution in [0.3, 0.4) is 0 Å². The Kier molecular flexibility index (Phi) is 5.99. The molecule has 1 fully saturated rings. The highest BCUT2D eigenvalue weighted by molar-refractivity contribution is 7.13. The van der Waals surface area contributed by atoms with Crippen molar-refractivity contribution in [3.05, 3.63) is 69.2 Å². The van der Waals surface area contributed by atoms with Crippen LogP contribution in [0.25, 0.3) is 0 Å². The van der Waals surface area contributed by atoms with Crippen molar-refractivity contribution in [2.45, 2.75) is 39.7 Å². The quantitative estimate of drug-likeness (QED) is 0.598. The van der Waals surface area contributed by atoms with Crippen molar-refractivity contribution in [3.63, 3.8) is 0 Å². The number of hydrogen-bond donors (Lipinski definition) is 2. The van der Waals surface area contributed by atoms with Crippen LogP contribution in [0.2, 0.25) is 0 Å². The normalized spacial score (nSPS) is 15.7. The molecule has 1 aliphatic heterocycles. The number of aryl methyl sites for hydroxylation is 3. The van der Waals surface area contributed by atoms with Crippen LogP contribution in [0.1, 0.15) is 50.4 Å². The highest BCUT2D eigenvalue weighted by atomic mass is 32.1. The summed E-state index contributed by atoms with van der Waals surface area (Å²) in [5.74, 6) is -0.295. The Morgan fingerprint density at radius 3 is 2.48 bits per heavy atom. The first kappa shape index (κ1) is 21.0. The number of nitrogens with one attached hydrogen (secondary N) is 2. The lowest BCUT2D eigenvalue weighted by Crippen LogP contribution is -2.34. The van der Waals surface area contributed by atoms with Crippen LogP contribution in [0.4, 0.5) is 16.2 Å². The minimum atomic E-state index is -0.295. The van der Waals surface area contributed by atoms with Crippen LogP contribution in [-0.2, 0) is 0 Å². The molecule has 2 aromatic carbocycles. The summed E-state index contributed by atoms with van der Waals surface area (Å²) in [6.45, 7) is 6.64. The number of benzene rings is 2. The van der Waals surface area contributed by atoms with Crippen LogP contribution < -0.4 is 10.6 Å². The number of likely N-dealkylation sites (tertiary alicyclic amines) is 1. The highest BCUT2D eigenvalue weighted by Crippen LogP contribution is 2.34. The second-order valence-corrected chi connectivity index (χ2v) is 8.87. The number of hydrogen-bond acceptors (Lipinski definition) is 5. The molecule has 1 aromatic heterocycles. The zero-order chi connectivity index (χ0) is 22.0. The van der Waals surface area contributed by atoms with E-state index in [2.05, 4.69) is 20.8 Å². The molecule has 0 saturated carbocycles. The summed E-state index contributed by atoms with van der Waals surface area (Å²) < 4.78 is 0. The van der Waals surface area contributed by atoms with E-state index < -0.39 is 0 Å². The molecule has 3 aromatic rings. The summed E-state index contributed by atoms with van der Waals surface area (Å²) in [5.41, 5.74) is 4.81. The molecule has 1 saturated heterocycles. The molecular formula is C23H25N5O2S. The fraction of sp³-hybridized carbons (Fsp3) is 0.304. The molecule has 0 unspecified atom stereocenters. The number of anilines is 2. The smallest absolute Gasteiger partial charge is 0.320 e. The first-order chi connectivity index (χ1) is 14.9. The monoisotopic (exact) mass is 435 g/mol. The van der Waals surface area contributed by atoms with Gasteiger partial charge in [0, 0.05) is 17.9 Å². The predicted octanol–water partition coefficient (Wildman–Crippen LogP) is 5.08. The molecule has 1 atom stereocenters. The second-order valence-electron chi connectivity index (χ2n) is 7.87. The van der Waals surface area contributed by atoms with Gasteiger partial charge in [0.25, 0.3) is 5.91 Å². The fourth-order valence-electron chi connectivity index (χ4n) is 3.69. The van der Waals surface area contributed by atoms with Gasteiger partial charge in [-0.1, -0.05) is 46.7 Å². The SMILES string of the molecule is Cc1ccc(NC(=O)c2nnc([C@H]3CCCN3C(=O)Nc3ccc(C)cc3C)s2)cc1. The van der Waals surface area contributed by atoms with E-state index in [9.17, 15) is 9.59 Å². The van der Waals surface area contributed by atoms with Crippen molar-refractivity contribution in [3.8, 4) is 0 Å². The summed E-state index contributed by atoms with van der Waals surface area (Å²) in [4.78, 5) is 27.3. The van der Waals surface area contributed by atoms with Crippen molar-refractivity contribution in [2.24, 2.45) is 0 Å². The molecule has 160 valence electrons. The molecule has 7 nitrogen and oxygen atoms in total. The van der Waals surface area contributed by atoms with Gasteiger partial charge in [0.2, 0.25) is 5.01 Å². The molecule has 0 bridgehead atoms. The van der Waals surface area contributed by atoms with Crippen molar-refractivity contribution in [1.82, 2.24) is 15.1 Å². The maximum absolute atomic E-state index is 12.9. The Bertz CT molecular complexity index is 1110. The Morgan fingerprint density at radius 2 is 1.74 bits per heavy atom. The van der Waals surface area contributed by atoms with E-state index in [1.807, 2.05) is 63.2 Å². The van der Waals surface area contributed by atoms with E-state index in [0.29, 0.717) is 17.2 Å². The van der Waals surface area contributed by atoms with Crippen molar-refractivity contribution < 1.29 is 9.59 Å². The van der Waals surface area contributed by atoms with E-state index in [1.54, 1.807) is 4.90 Å². The van der Waals surface area contributed by atoms with Crippen LogP contribution in [0.5, 0.6) is 0 Å². The van der Waals surface area contributed by atoms with Crippen LogP contribution in [0.15, 0.2) is 42.5 Å². The molecule has 8 heteroatoms. The van der Waals surface area contributed by atoms with Crippen LogP contribution in [0, 0.1) is 20.8 Å². The Labute approximate surface area is 185 Å². The van der Waals surface area contributed by atoms with Crippen LogP contribution >= 0.6 is 11.3 Å². The van der Waals surface area contributed by atoms with Gasteiger partial charge in [-0.2, -0.15) is 0 Å². The number of rotatable bonds is 4. The first-order valence-corrected chi connectivity index (χ1v) is 11.1. The van der Waals surface area contributed by atoms with Crippen molar-refractivity contribution in [2.75, 3.05) is 17.2 Å². The number of urea groups is 1. The first-order valence-electron chi connectivity index (χ1n) is 10.3. The third kappa shape index (κ3) is 4.74. The zero-order valence-corrected chi connectivity index (χ0v) is 18.6. The zero-order valence-electron chi connectivity index (χ0n) is 17.8. The lowest BCUT2D eigenvalue weighted by Gasteiger charge is -2.23. The summed E-state index contributed by atoms with van der Waals surface area (Å²) in [5, 5.41) is 15.1. The number of carbonyl (C=O) groups is 2. The molecule has 3 amide bonds. The minimum Gasteiger partial charge on any atom is -0.320 e. The summed E-state index contributed by atoms with van der Waals surface area (Å²) in [6.07, 6.45) is 1.68. The average Bonchev–Trinajstić information content (AvgIpc) is 3.41. The highest BCUT2D eigenvalue weighted by Gasteiger charge is 2.33. The Balaban J connectivity index is 1.45. The molecular weight excluding hydrogens is 410 g/mol. The predicted molar refractivity (Wildman–Crippen MR) is 123 cm³/mol. The molecule has 31 heavy (non-hydrogen) atoms. The third-order valence-corrected chi connectivity index (χ3v) is 6.39. The van der Waals surface area contributed by atoms with E-state index in [-0.39, 0.29) is 23.0 Å². The molecule has 0 aliphatic carbocycles. The molecule has 1 aliphatic rings. The molecule has 0 spiro atoms. The van der Waals surface area contributed by atoms with Gasteiger partial charge in [-0.05, 0) is 57.4 Å². The second kappa shape index (κ2) is 8.85. The number of amides is 3. The lowest BCUT2D eigenvalue weighted by molar-refractivity contribution is 0.102. The van der Waals surface area contributed by atoms with Gasteiger partial charge in [-0.25, -0.2) is 4.79 Å². The fourth-order valence-corrected chi connectivity index (χ4v) is 4.58. The van der Waals surface area contributed by atoms with E-state index >= 15 is 0 Å². The third-order valence-electron chi connectivity index (χ3n) is 5.37. The van der Waals surface area contributed by atoms with E-state index in [0.717, 1.165) is 35.2 Å². The van der Waals surface area contributed by atoms with Gasteiger partial charge in [-0.3, -0.25) is 4.79 Å². The average molecular weight is 436 g/mol. The number of aromatic nitrogens is 2. The molecule has 0 radical (unpaired) electrons. The Hall–Kier alpha value is -3.26. The van der Waals surface area contributed by atoms with Gasteiger partial charge < -0.3 is 15.5 Å². The maximum atomic E-state index is 12.9. The topological polar surface area (TPSA) is 87.2 Å². The molecule has 4 rings (SSSR count). The summed E-state index contributed by atoms with van der Waals surface area (Å²) >= 11 is 1.24. The molecule has 2 N–H and O–H groups in total. The minimum absolute atomic E-state index is 0.157. The van der Waals surface area contributed by atoms with E-state index in [1.165, 1.54) is 11.3 Å².